The van der Waals surface area contributed by atoms with Crippen molar-refractivity contribution in [1.29, 1.82) is 0 Å². The molecule has 0 aliphatic carbocycles. The Balaban J connectivity index is 2.04. The van der Waals surface area contributed by atoms with E-state index in [1.807, 2.05) is 6.92 Å². The van der Waals surface area contributed by atoms with Crippen LogP contribution in [0.2, 0.25) is 0 Å². The van der Waals surface area contributed by atoms with E-state index in [4.69, 9.17) is 0 Å². The third kappa shape index (κ3) is 2.94. The molecule has 2 aromatic heterocycles. The number of nitrogens with zero attached hydrogens (tertiary/aromatic N) is 4. The van der Waals surface area contributed by atoms with Gasteiger partial charge < -0.3 is 4.98 Å². The van der Waals surface area contributed by atoms with E-state index < -0.39 is 10.5 Å². The van der Waals surface area contributed by atoms with E-state index in [0.29, 0.717) is 18.0 Å². The summed E-state index contributed by atoms with van der Waals surface area (Å²) in [5, 5.41) is 10.7. The Morgan fingerprint density at radius 2 is 1.77 bits per heavy atom. The van der Waals surface area contributed by atoms with Gasteiger partial charge in [0.1, 0.15) is 11.3 Å². The molecule has 0 atom stereocenters. The van der Waals surface area contributed by atoms with Gasteiger partial charge in [-0.1, -0.05) is 6.08 Å². The van der Waals surface area contributed by atoms with Gasteiger partial charge in [-0.2, -0.15) is 0 Å². The van der Waals surface area contributed by atoms with Gasteiger partial charge >= 0.3 is 5.69 Å². The molecule has 0 spiro atoms. The lowest BCUT2D eigenvalue weighted by molar-refractivity contribution is -0.384. The Kier molecular flexibility index (Phi) is 4.53. The molecule has 3 aromatic rings. The average molecular weight is 355 g/mol. The molecule has 0 amide bonds. The summed E-state index contributed by atoms with van der Waals surface area (Å²) in [6.07, 6.45) is 3.37. The average Bonchev–Trinajstić information content (AvgIpc) is 3.05. The second-order valence-corrected chi connectivity index (χ2v) is 5.58. The molecule has 0 saturated heterocycles. The SMILES string of the molecule is CCn1c(=O)c2[nH]c(/C=C/c3ccc([N+](=O)[O-])cc3)nc2n(CC)c1=O. The van der Waals surface area contributed by atoms with E-state index in [2.05, 4.69) is 9.97 Å². The standard InChI is InChI=1S/C17H17N5O4/c1-3-20-15-14(16(23)21(4-2)17(20)24)18-13(19-15)10-7-11-5-8-12(9-6-11)22(25)26/h5-10H,3-4H2,1-2H3,(H,18,19)/b10-7+. The van der Waals surface area contributed by atoms with E-state index in [-0.39, 0.29) is 23.4 Å². The van der Waals surface area contributed by atoms with Crippen molar-refractivity contribution in [2.24, 2.45) is 0 Å². The number of imidazole rings is 1. The fourth-order valence-corrected chi connectivity index (χ4v) is 2.71. The third-order valence-corrected chi connectivity index (χ3v) is 4.05. The lowest BCUT2D eigenvalue weighted by Gasteiger charge is -2.06. The maximum Gasteiger partial charge on any atom is 0.332 e. The molecular formula is C17H17N5O4. The van der Waals surface area contributed by atoms with Gasteiger partial charge in [0.25, 0.3) is 11.2 Å². The van der Waals surface area contributed by atoms with Crippen molar-refractivity contribution < 1.29 is 4.92 Å². The van der Waals surface area contributed by atoms with E-state index in [1.165, 1.54) is 16.7 Å². The van der Waals surface area contributed by atoms with Crippen molar-refractivity contribution >= 4 is 29.0 Å². The largest absolute Gasteiger partial charge is 0.333 e. The first-order valence-corrected chi connectivity index (χ1v) is 8.12. The van der Waals surface area contributed by atoms with Crippen LogP contribution in [-0.4, -0.2) is 24.0 Å². The molecule has 0 saturated carbocycles. The summed E-state index contributed by atoms with van der Waals surface area (Å²) in [7, 11) is 0. The molecule has 0 radical (unpaired) electrons. The first kappa shape index (κ1) is 17.3. The van der Waals surface area contributed by atoms with Crippen molar-refractivity contribution in [1.82, 2.24) is 19.1 Å². The van der Waals surface area contributed by atoms with Crippen LogP contribution in [0.15, 0.2) is 33.9 Å². The van der Waals surface area contributed by atoms with Crippen LogP contribution in [0.3, 0.4) is 0 Å². The molecule has 1 aromatic carbocycles. The molecular weight excluding hydrogens is 338 g/mol. The van der Waals surface area contributed by atoms with Crippen LogP contribution in [0.1, 0.15) is 25.2 Å². The molecule has 1 N–H and O–H groups in total. The second kappa shape index (κ2) is 6.79. The normalized spacial score (nSPS) is 11.5. The first-order valence-electron chi connectivity index (χ1n) is 8.12. The third-order valence-electron chi connectivity index (χ3n) is 4.05. The number of non-ortho nitro benzene ring substituents is 1. The summed E-state index contributed by atoms with van der Waals surface area (Å²) >= 11 is 0. The van der Waals surface area contributed by atoms with Crippen molar-refractivity contribution in [3.05, 3.63) is 66.6 Å². The van der Waals surface area contributed by atoms with E-state index in [9.17, 15) is 19.7 Å². The summed E-state index contributed by atoms with van der Waals surface area (Å²) < 4.78 is 2.60. The number of nitro groups is 1. The van der Waals surface area contributed by atoms with Crippen LogP contribution in [0, 0.1) is 10.1 Å². The molecule has 0 aliphatic heterocycles. The molecule has 0 bridgehead atoms. The van der Waals surface area contributed by atoms with Gasteiger partial charge in [-0.25, -0.2) is 9.78 Å². The summed E-state index contributed by atoms with van der Waals surface area (Å²) in [6.45, 7) is 4.22. The molecule has 0 aliphatic rings. The van der Waals surface area contributed by atoms with Gasteiger partial charge in [-0.3, -0.25) is 24.0 Å². The number of benzene rings is 1. The van der Waals surface area contributed by atoms with Crippen molar-refractivity contribution in [3.8, 4) is 0 Å². The zero-order valence-corrected chi connectivity index (χ0v) is 14.3. The molecule has 0 fully saturated rings. The maximum absolute atomic E-state index is 12.4. The highest BCUT2D eigenvalue weighted by Crippen LogP contribution is 2.14. The van der Waals surface area contributed by atoms with Crippen LogP contribution in [0.4, 0.5) is 5.69 Å². The topological polar surface area (TPSA) is 116 Å². The maximum atomic E-state index is 12.4. The van der Waals surface area contributed by atoms with Crippen LogP contribution in [0.5, 0.6) is 0 Å². The van der Waals surface area contributed by atoms with E-state index in [1.54, 1.807) is 31.2 Å². The van der Waals surface area contributed by atoms with Crippen LogP contribution in [0.25, 0.3) is 23.3 Å². The van der Waals surface area contributed by atoms with Gasteiger partial charge in [0.2, 0.25) is 0 Å². The highest BCUT2D eigenvalue weighted by Gasteiger charge is 2.14. The van der Waals surface area contributed by atoms with E-state index >= 15 is 0 Å². The quantitative estimate of drug-likeness (QED) is 0.555. The van der Waals surface area contributed by atoms with Crippen LogP contribution in [-0.2, 0) is 13.1 Å². The fraction of sp³-hybridized carbons (Fsp3) is 0.235. The first-order chi connectivity index (χ1) is 12.5. The molecule has 134 valence electrons. The lowest BCUT2D eigenvalue weighted by atomic mass is 10.2. The Hall–Kier alpha value is -3.49. The molecule has 9 nitrogen and oxygen atoms in total. The highest BCUT2D eigenvalue weighted by molar-refractivity contribution is 5.75. The minimum Gasteiger partial charge on any atom is -0.333 e. The minimum atomic E-state index is -0.463. The molecule has 9 heteroatoms. The molecule has 0 unspecified atom stereocenters. The predicted octanol–water partition coefficient (Wildman–Crippen LogP) is 2.00. The molecule has 2 heterocycles. The number of hydrogen-bond donors (Lipinski definition) is 1. The number of H-pyrrole nitrogens is 1. The number of rotatable bonds is 5. The van der Waals surface area contributed by atoms with Crippen LogP contribution >= 0.6 is 0 Å². The number of aromatic amines is 1. The van der Waals surface area contributed by atoms with Gasteiger partial charge in [-0.05, 0) is 37.6 Å². The highest BCUT2D eigenvalue weighted by atomic mass is 16.6. The van der Waals surface area contributed by atoms with Gasteiger partial charge in [0.15, 0.2) is 5.65 Å². The van der Waals surface area contributed by atoms with Gasteiger partial charge in [0, 0.05) is 25.2 Å². The van der Waals surface area contributed by atoms with Crippen molar-refractivity contribution in [2.45, 2.75) is 26.9 Å². The summed E-state index contributed by atoms with van der Waals surface area (Å²) in [5.41, 5.74) is 0.560. The van der Waals surface area contributed by atoms with Gasteiger partial charge in [-0.15, -0.1) is 0 Å². The number of nitrogens with one attached hydrogen (secondary N) is 1. The predicted molar refractivity (Wildman–Crippen MR) is 98.0 cm³/mol. The Labute approximate surface area is 147 Å². The minimum absolute atomic E-state index is 0.0120. The zero-order valence-electron chi connectivity index (χ0n) is 14.3. The Morgan fingerprint density at radius 1 is 1.12 bits per heavy atom. The number of fused-ring (bicyclic) bond motifs is 1. The molecule has 3 rings (SSSR count). The second-order valence-electron chi connectivity index (χ2n) is 5.58. The number of aromatic nitrogens is 4. The van der Waals surface area contributed by atoms with Crippen molar-refractivity contribution in [3.63, 3.8) is 0 Å². The smallest absolute Gasteiger partial charge is 0.332 e. The number of nitro benzene ring substituents is 1. The fourth-order valence-electron chi connectivity index (χ4n) is 2.71. The summed E-state index contributed by atoms with van der Waals surface area (Å²) in [5.74, 6) is 0.422. The summed E-state index contributed by atoms with van der Waals surface area (Å²) in [4.78, 5) is 42.3. The summed E-state index contributed by atoms with van der Waals surface area (Å²) in [6, 6.07) is 6.05. The van der Waals surface area contributed by atoms with E-state index in [0.717, 1.165) is 10.1 Å². The Bertz CT molecular complexity index is 1120. The molecule has 26 heavy (non-hydrogen) atoms. The number of hydrogen-bond acceptors (Lipinski definition) is 5. The van der Waals surface area contributed by atoms with Crippen LogP contribution < -0.4 is 11.2 Å². The van der Waals surface area contributed by atoms with Gasteiger partial charge in [0.05, 0.1) is 4.92 Å². The lowest BCUT2D eigenvalue weighted by Crippen LogP contribution is -2.39. The number of aryl methyl sites for hydroxylation is 1. The Morgan fingerprint density at radius 3 is 2.35 bits per heavy atom. The monoisotopic (exact) mass is 355 g/mol. The van der Waals surface area contributed by atoms with Crippen molar-refractivity contribution in [2.75, 3.05) is 0 Å². The zero-order chi connectivity index (χ0) is 18.8.